The van der Waals surface area contributed by atoms with E-state index in [1.807, 2.05) is 0 Å². The van der Waals surface area contributed by atoms with Crippen molar-refractivity contribution in [1.29, 1.82) is 0 Å². The molecule has 3 heterocycles. The van der Waals surface area contributed by atoms with Crippen molar-refractivity contribution >= 4 is 34.8 Å². The van der Waals surface area contributed by atoms with Gasteiger partial charge in [0.1, 0.15) is 5.52 Å². The number of hydrogen-bond acceptors (Lipinski definition) is 9. The van der Waals surface area contributed by atoms with E-state index < -0.39 is 29.1 Å². The van der Waals surface area contributed by atoms with E-state index in [4.69, 9.17) is 16.6 Å². The number of carbonyl (C=O) groups excluding carboxylic acids is 1. The first kappa shape index (κ1) is 22.7. The molecule has 2 aromatic rings. The van der Waals surface area contributed by atoms with Gasteiger partial charge in [0.15, 0.2) is 11.5 Å². The first-order chi connectivity index (χ1) is 14.3. The maximum Gasteiger partial charge on any atom is 0.303 e. The Morgan fingerprint density at radius 3 is 2.58 bits per heavy atom. The van der Waals surface area contributed by atoms with Crippen molar-refractivity contribution in [3.8, 4) is 0 Å². The molecule has 7 N–H and O–H groups in total. The second-order valence-electron chi connectivity index (χ2n) is 9.23. The van der Waals surface area contributed by atoms with Crippen molar-refractivity contribution in [2.24, 2.45) is 5.41 Å². The van der Waals surface area contributed by atoms with Gasteiger partial charge in [0, 0.05) is 25.9 Å². The Kier molecular flexibility index (Phi) is 5.80. The number of aliphatic carboxylic acids is 1. The highest BCUT2D eigenvalue weighted by atomic mass is 16.4. The lowest BCUT2D eigenvalue weighted by Crippen LogP contribution is -2.43. The van der Waals surface area contributed by atoms with E-state index in [1.54, 1.807) is 25.3 Å². The van der Waals surface area contributed by atoms with Gasteiger partial charge in [-0.2, -0.15) is 9.97 Å². The van der Waals surface area contributed by atoms with E-state index >= 15 is 0 Å². The van der Waals surface area contributed by atoms with Gasteiger partial charge in [0.25, 0.3) is 0 Å². The van der Waals surface area contributed by atoms with Crippen molar-refractivity contribution < 1.29 is 24.9 Å². The minimum absolute atomic E-state index is 0.00961. The van der Waals surface area contributed by atoms with Gasteiger partial charge < -0.3 is 36.3 Å². The van der Waals surface area contributed by atoms with E-state index in [2.05, 4.69) is 15.0 Å². The topological polar surface area (TPSA) is 194 Å². The zero-order valence-electron chi connectivity index (χ0n) is 17.8. The summed E-state index contributed by atoms with van der Waals surface area (Å²) in [4.78, 5) is 37.9. The fraction of sp³-hybridized carbons (Fsp3) is 0.632. The standard InChI is InChI=1S/C19H29N7O5/c1-18(2,6-13(29)30)5-12(28)25-7-10(27)4-19(3,31)11(8-25)26-9-22-14-15(20)23-17(21)24-16(14)26/h9-11,27,31H,4-8H2,1-3H3,(H,29,30)(H4,20,21,23,24)/t10-,11+,19+/m1/s1. The summed E-state index contributed by atoms with van der Waals surface area (Å²) in [6, 6.07) is -0.713. The smallest absolute Gasteiger partial charge is 0.303 e. The number of aliphatic hydroxyl groups excluding tert-OH is 1. The number of anilines is 2. The summed E-state index contributed by atoms with van der Waals surface area (Å²) in [6.07, 6.45) is 0.301. The van der Waals surface area contributed by atoms with E-state index in [1.165, 1.54) is 11.2 Å². The molecule has 3 atom stereocenters. The molecule has 1 saturated heterocycles. The molecule has 1 aliphatic rings. The Morgan fingerprint density at radius 2 is 1.94 bits per heavy atom. The summed E-state index contributed by atoms with van der Waals surface area (Å²) in [6.45, 7) is 5.05. The van der Waals surface area contributed by atoms with Crippen LogP contribution in [0, 0.1) is 5.41 Å². The molecule has 1 fully saturated rings. The van der Waals surface area contributed by atoms with Crippen molar-refractivity contribution in [1.82, 2.24) is 24.4 Å². The molecule has 0 aliphatic carbocycles. The molecule has 1 aliphatic heterocycles. The third-order valence-corrected chi connectivity index (χ3v) is 5.60. The molecule has 0 radical (unpaired) electrons. The predicted octanol–water partition coefficient (Wildman–Crippen LogP) is -0.233. The van der Waals surface area contributed by atoms with Crippen LogP contribution in [0.4, 0.5) is 11.8 Å². The van der Waals surface area contributed by atoms with Crippen molar-refractivity contribution in [2.75, 3.05) is 24.6 Å². The number of nitrogens with two attached hydrogens (primary N) is 2. The number of nitrogens with zero attached hydrogens (tertiary/aromatic N) is 5. The van der Waals surface area contributed by atoms with Crippen molar-refractivity contribution in [3.05, 3.63) is 6.33 Å². The third kappa shape index (κ3) is 4.85. The fourth-order valence-electron chi connectivity index (χ4n) is 4.18. The molecular formula is C19H29N7O5. The van der Waals surface area contributed by atoms with Gasteiger partial charge >= 0.3 is 5.97 Å². The largest absolute Gasteiger partial charge is 0.481 e. The van der Waals surface area contributed by atoms with Gasteiger partial charge in [0.05, 0.1) is 30.5 Å². The molecule has 0 spiro atoms. The zero-order valence-corrected chi connectivity index (χ0v) is 17.8. The lowest BCUT2D eigenvalue weighted by atomic mass is 9.85. The summed E-state index contributed by atoms with van der Waals surface area (Å²) in [7, 11) is 0. The molecule has 31 heavy (non-hydrogen) atoms. The zero-order chi connectivity index (χ0) is 23.1. The number of likely N-dealkylation sites (tertiary alicyclic amines) is 1. The lowest BCUT2D eigenvalue weighted by molar-refractivity contribution is -0.141. The van der Waals surface area contributed by atoms with Gasteiger partial charge in [0.2, 0.25) is 11.9 Å². The number of imidazole rings is 1. The number of amides is 1. The number of aromatic nitrogens is 4. The summed E-state index contributed by atoms with van der Waals surface area (Å²) < 4.78 is 1.59. The predicted molar refractivity (Wildman–Crippen MR) is 112 cm³/mol. The maximum atomic E-state index is 13.0. The Morgan fingerprint density at radius 1 is 1.26 bits per heavy atom. The highest BCUT2D eigenvalue weighted by Gasteiger charge is 2.42. The van der Waals surface area contributed by atoms with Crippen LogP contribution < -0.4 is 11.5 Å². The monoisotopic (exact) mass is 435 g/mol. The van der Waals surface area contributed by atoms with Crippen LogP contribution in [0.2, 0.25) is 0 Å². The van der Waals surface area contributed by atoms with E-state index in [0.717, 1.165) is 0 Å². The summed E-state index contributed by atoms with van der Waals surface area (Å²) >= 11 is 0. The van der Waals surface area contributed by atoms with Crippen LogP contribution in [0.5, 0.6) is 0 Å². The van der Waals surface area contributed by atoms with E-state index in [9.17, 15) is 19.8 Å². The van der Waals surface area contributed by atoms with E-state index in [0.29, 0.717) is 11.2 Å². The second kappa shape index (κ2) is 7.93. The number of nitrogen functional groups attached to an aromatic ring is 2. The molecule has 2 aromatic heterocycles. The number of carboxylic acids is 1. The highest BCUT2D eigenvalue weighted by Crippen LogP contribution is 2.35. The van der Waals surface area contributed by atoms with Gasteiger partial charge in [-0.3, -0.25) is 9.59 Å². The lowest BCUT2D eigenvalue weighted by Gasteiger charge is -2.34. The highest BCUT2D eigenvalue weighted by molar-refractivity contribution is 5.83. The molecular weight excluding hydrogens is 406 g/mol. The fourth-order valence-corrected chi connectivity index (χ4v) is 4.18. The number of aliphatic hydroxyl groups is 2. The first-order valence-corrected chi connectivity index (χ1v) is 9.94. The van der Waals surface area contributed by atoms with Crippen LogP contribution in [0.25, 0.3) is 11.2 Å². The Bertz CT molecular complexity index is 1000. The second-order valence-corrected chi connectivity index (χ2v) is 9.23. The van der Waals surface area contributed by atoms with Crippen LogP contribution in [0.1, 0.15) is 46.1 Å². The number of β-amino-alcohol motifs (C(OH)–C–C–N with tert-alkyl or cyclic N) is 1. The minimum Gasteiger partial charge on any atom is -0.481 e. The quantitative estimate of drug-likeness (QED) is 0.418. The average Bonchev–Trinajstić information content (AvgIpc) is 2.94. The Hall–Kier alpha value is -2.99. The normalized spacial score (nSPS) is 24.9. The molecule has 0 unspecified atom stereocenters. The van der Waals surface area contributed by atoms with Crippen LogP contribution in [-0.2, 0) is 9.59 Å². The molecule has 12 heteroatoms. The minimum atomic E-state index is -1.41. The molecule has 0 bridgehead atoms. The summed E-state index contributed by atoms with van der Waals surface area (Å²) in [5.41, 5.74) is 10.1. The van der Waals surface area contributed by atoms with Gasteiger partial charge in [-0.15, -0.1) is 0 Å². The molecule has 3 rings (SSSR count). The van der Waals surface area contributed by atoms with Crippen LogP contribution in [-0.4, -0.2) is 76.4 Å². The molecule has 0 aromatic carbocycles. The van der Waals surface area contributed by atoms with Crippen LogP contribution in [0.15, 0.2) is 6.33 Å². The summed E-state index contributed by atoms with van der Waals surface area (Å²) in [5.74, 6) is -1.26. The van der Waals surface area contributed by atoms with Gasteiger partial charge in [-0.05, 0) is 12.3 Å². The SMILES string of the molecule is CC(C)(CC(=O)O)CC(=O)N1C[C@H](O)C[C@](C)(O)[C@@H](n2cnc3c(N)nc(N)nc32)C1. The number of rotatable bonds is 5. The third-order valence-electron chi connectivity index (χ3n) is 5.60. The van der Waals surface area contributed by atoms with Gasteiger partial charge in [-0.1, -0.05) is 13.8 Å². The van der Waals surface area contributed by atoms with Crippen molar-refractivity contribution in [3.63, 3.8) is 0 Å². The number of carbonyl (C=O) groups is 2. The molecule has 0 saturated carbocycles. The molecule has 1 amide bonds. The van der Waals surface area contributed by atoms with Crippen LogP contribution in [0.3, 0.4) is 0 Å². The number of hydrogen-bond donors (Lipinski definition) is 5. The number of fused-ring (bicyclic) bond motifs is 1. The first-order valence-electron chi connectivity index (χ1n) is 9.94. The molecule has 12 nitrogen and oxygen atoms in total. The Balaban J connectivity index is 1.96. The van der Waals surface area contributed by atoms with E-state index in [-0.39, 0.29) is 50.0 Å². The maximum absolute atomic E-state index is 13.0. The molecule has 170 valence electrons. The van der Waals surface area contributed by atoms with Gasteiger partial charge in [-0.25, -0.2) is 4.98 Å². The Labute approximate surface area is 178 Å². The van der Waals surface area contributed by atoms with Crippen LogP contribution >= 0.6 is 0 Å². The summed E-state index contributed by atoms with van der Waals surface area (Å²) in [5, 5.41) is 30.7. The van der Waals surface area contributed by atoms with Crippen molar-refractivity contribution in [2.45, 2.75) is 57.8 Å². The average molecular weight is 435 g/mol. The number of carboxylic acid groups (broad SMARTS) is 1.